The summed E-state index contributed by atoms with van der Waals surface area (Å²) in [6.07, 6.45) is 1.97. The molecule has 2 aliphatic heterocycles. The first-order valence-electron chi connectivity index (χ1n) is 8.05. The lowest BCUT2D eigenvalue weighted by Gasteiger charge is -2.38. The molecule has 2 heterocycles. The minimum absolute atomic E-state index is 0. The van der Waals surface area contributed by atoms with Crippen molar-refractivity contribution in [3.63, 3.8) is 0 Å². The molecule has 3 N–H and O–H groups in total. The largest absolute Gasteiger partial charge is 0.390 e. The van der Waals surface area contributed by atoms with E-state index in [4.69, 9.17) is 5.73 Å². The van der Waals surface area contributed by atoms with E-state index in [1.54, 1.807) is 0 Å². The van der Waals surface area contributed by atoms with Crippen molar-refractivity contribution in [3.05, 3.63) is 29.3 Å². The van der Waals surface area contributed by atoms with Crippen LogP contribution in [-0.2, 0) is 0 Å². The lowest BCUT2D eigenvalue weighted by atomic mass is 10.0. The lowest BCUT2D eigenvalue weighted by Crippen LogP contribution is -2.45. The van der Waals surface area contributed by atoms with Gasteiger partial charge >= 0.3 is 0 Å². The Hall–Kier alpha value is -0.520. The van der Waals surface area contributed by atoms with Crippen molar-refractivity contribution in [2.24, 2.45) is 5.73 Å². The maximum absolute atomic E-state index is 9.82. The minimum Gasteiger partial charge on any atom is -0.390 e. The molecule has 0 radical (unpaired) electrons. The molecule has 4 nitrogen and oxygen atoms in total. The van der Waals surface area contributed by atoms with Crippen LogP contribution in [-0.4, -0.2) is 54.4 Å². The molecule has 0 aliphatic carbocycles. The van der Waals surface area contributed by atoms with Crippen LogP contribution in [0.1, 0.15) is 24.0 Å². The van der Waals surface area contributed by atoms with Gasteiger partial charge in [-0.2, -0.15) is 0 Å². The summed E-state index contributed by atoms with van der Waals surface area (Å²) in [6.45, 7) is 8.17. The molecule has 6 heteroatoms. The van der Waals surface area contributed by atoms with E-state index >= 15 is 0 Å². The topological polar surface area (TPSA) is 52.7 Å². The predicted octanol–water partition coefficient (Wildman–Crippen LogP) is 2.12. The van der Waals surface area contributed by atoms with E-state index in [1.807, 2.05) is 0 Å². The summed E-state index contributed by atoms with van der Waals surface area (Å²) in [7, 11) is 0. The summed E-state index contributed by atoms with van der Waals surface area (Å²) >= 11 is 0. The highest BCUT2D eigenvalue weighted by atomic mass is 35.5. The summed E-state index contributed by atoms with van der Waals surface area (Å²) in [5.74, 6) is 0. The number of hydrogen-bond acceptors (Lipinski definition) is 4. The smallest absolute Gasteiger partial charge is 0.0830 e. The van der Waals surface area contributed by atoms with Gasteiger partial charge in [-0.1, -0.05) is 12.1 Å². The van der Waals surface area contributed by atoms with Crippen molar-refractivity contribution in [3.8, 4) is 0 Å². The van der Waals surface area contributed by atoms with Gasteiger partial charge in [-0.05, 0) is 43.9 Å². The van der Waals surface area contributed by atoms with E-state index < -0.39 is 0 Å². The number of benzene rings is 1. The second kappa shape index (κ2) is 8.54. The molecule has 0 saturated carbocycles. The summed E-state index contributed by atoms with van der Waals surface area (Å²) in [6, 6.07) is 7.08. The second-order valence-corrected chi connectivity index (χ2v) is 6.62. The zero-order chi connectivity index (χ0) is 15.0. The molecule has 0 bridgehead atoms. The number of aryl methyl sites for hydroxylation is 1. The van der Waals surface area contributed by atoms with Crippen LogP contribution in [0.3, 0.4) is 0 Å². The Morgan fingerprint density at radius 2 is 1.74 bits per heavy atom. The van der Waals surface area contributed by atoms with E-state index in [9.17, 15) is 5.11 Å². The monoisotopic (exact) mass is 361 g/mol. The number of likely N-dealkylation sites (tertiary alicyclic amines) is 1. The Bertz CT molecular complexity index is 497. The van der Waals surface area contributed by atoms with E-state index in [1.165, 1.54) is 16.8 Å². The molecule has 2 fully saturated rings. The zero-order valence-corrected chi connectivity index (χ0v) is 15.6. The Morgan fingerprint density at radius 1 is 1.09 bits per heavy atom. The molecule has 3 rings (SSSR count). The summed E-state index contributed by atoms with van der Waals surface area (Å²) < 4.78 is 0. The van der Waals surface area contributed by atoms with Crippen molar-refractivity contribution in [1.29, 1.82) is 0 Å². The lowest BCUT2D eigenvalue weighted by molar-refractivity contribution is 0.144. The SMILES string of the molecule is Cc1cccc(N2CCC(N3C[C@@H](N)[C@H](O)C3)CC2)c1C.Cl.Cl. The highest BCUT2D eigenvalue weighted by Crippen LogP contribution is 2.28. The maximum atomic E-state index is 9.82. The molecule has 1 aromatic carbocycles. The van der Waals surface area contributed by atoms with Gasteiger partial charge in [0.15, 0.2) is 0 Å². The molecule has 2 aliphatic rings. The molecule has 0 amide bonds. The average molecular weight is 362 g/mol. The number of nitrogens with zero attached hydrogens (tertiary/aromatic N) is 2. The first-order valence-corrected chi connectivity index (χ1v) is 8.05. The number of aliphatic hydroxyl groups excluding tert-OH is 1. The predicted molar refractivity (Wildman–Crippen MR) is 101 cm³/mol. The molecule has 1 aromatic rings. The van der Waals surface area contributed by atoms with Gasteiger partial charge in [0.1, 0.15) is 0 Å². The van der Waals surface area contributed by atoms with Crippen molar-refractivity contribution in [2.45, 2.75) is 44.9 Å². The molecular weight excluding hydrogens is 333 g/mol. The van der Waals surface area contributed by atoms with Gasteiger partial charge < -0.3 is 15.7 Å². The number of halogens is 2. The molecule has 2 atom stereocenters. The van der Waals surface area contributed by atoms with Gasteiger partial charge in [0.05, 0.1) is 6.10 Å². The van der Waals surface area contributed by atoms with Crippen molar-refractivity contribution < 1.29 is 5.11 Å². The fourth-order valence-corrected chi connectivity index (χ4v) is 3.69. The van der Waals surface area contributed by atoms with Crippen LogP contribution >= 0.6 is 24.8 Å². The van der Waals surface area contributed by atoms with Crippen LogP contribution < -0.4 is 10.6 Å². The van der Waals surface area contributed by atoms with Crippen molar-refractivity contribution >= 4 is 30.5 Å². The molecule has 0 aromatic heterocycles. The Morgan fingerprint density at radius 3 is 2.30 bits per heavy atom. The van der Waals surface area contributed by atoms with Crippen LogP contribution in [0.15, 0.2) is 18.2 Å². The van der Waals surface area contributed by atoms with Gasteiger partial charge in [-0.15, -0.1) is 24.8 Å². The third-order valence-corrected chi connectivity index (χ3v) is 5.26. The van der Waals surface area contributed by atoms with E-state index in [0.717, 1.165) is 39.0 Å². The van der Waals surface area contributed by atoms with Crippen molar-refractivity contribution in [2.75, 3.05) is 31.1 Å². The number of hydrogen-bond donors (Lipinski definition) is 2. The van der Waals surface area contributed by atoms with Gasteiger partial charge in [-0.25, -0.2) is 0 Å². The highest BCUT2D eigenvalue weighted by molar-refractivity contribution is 5.85. The zero-order valence-electron chi connectivity index (χ0n) is 13.9. The third kappa shape index (κ3) is 4.31. The fourth-order valence-electron chi connectivity index (χ4n) is 3.69. The number of nitrogens with two attached hydrogens (primary N) is 1. The molecule has 0 unspecified atom stereocenters. The van der Waals surface area contributed by atoms with Crippen LogP contribution in [0.25, 0.3) is 0 Å². The summed E-state index contributed by atoms with van der Waals surface area (Å²) in [5, 5.41) is 9.82. The third-order valence-electron chi connectivity index (χ3n) is 5.26. The minimum atomic E-state index is -0.345. The second-order valence-electron chi connectivity index (χ2n) is 6.62. The summed E-state index contributed by atoms with van der Waals surface area (Å²) in [4.78, 5) is 4.89. The number of β-amino-alcohol motifs (C(OH)–C–C–N with tert-alkyl or cyclic N) is 1. The summed E-state index contributed by atoms with van der Waals surface area (Å²) in [5.41, 5.74) is 10.1. The van der Waals surface area contributed by atoms with E-state index in [2.05, 4.69) is 41.8 Å². The quantitative estimate of drug-likeness (QED) is 0.846. The molecule has 0 spiro atoms. The van der Waals surface area contributed by atoms with E-state index in [0.29, 0.717) is 6.04 Å². The Balaban J connectivity index is 0.00000132. The van der Waals surface area contributed by atoms with Crippen molar-refractivity contribution in [1.82, 2.24) is 4.90 Å². The molecular formula is C17H29Cl2N3O. The van der Waals surface area contributed by atoms with E-state index in [-0.39, 0.29) is 37.0 Å². The first kappa shape index (κ1) is 20.5. The standard InChI is InChI=1S/C17H27N3O.2ClH/c1-12-4-3-5-16(13(12)2)19-8-6-14(7-9-19)20-10-15(18)17(21)11-20;;/h3-5,14-15,17,21H,6-11,18H2,1-2H3;2*1H/t15-,17-;;/m1../s1. The molecule has 23 heavy (non-hydrogen) atoms. The molecule has 132 valence electrons. The van der Waals surface area contributed by atoms with Crippen LogP contribution in [0.4, 0.5) is 5.69 Å². The van der Waals surface area contributed by atoms with Gasteiger partial charge in [0.25, 0.3) is 0 Å². The van der Waals surface area contributed by atoms with Crippen LogP contribution in [0.5, 0.6) is 0 Å². The van der Waals surface area contributed by atoms with Gasteiger partial charge in [0.2, 0.25) is 0 Å². The first-order chi connectivity index (χ1) is 10.1. The Kier molecular flexibility index (Phi) is 7.62. The normalized spacial score (nSPS) is 25.8. The highest BCUT2D eigenvalue weighted by Gasteiger charge is 2.34. The number of anilines is 1. The molecule has 2 saturated heterocycles. The van der Waals surface area contributed by atoms with Crippen LogP contribution in [0.2, 0.25) is 0 Å². The number of aliphatic hydroxyl groups is 1. The average Bonchev–Trinajstić information content (AvgIpc) is 2.82. The maximum Gasteiger partial charge on any atom is 0.0830 e. The van der Waals surface area contributed by atoms with Gasteiger partial charge in [-0.3, -0.25) is 4.90 Å². The van der Waals surface area contributed by atoms with Gasteiger partial charge in [0, 0.05) is 44.0 Å². The van der Waals surface area contributed by atoms with Crippen LogP contribution in [0, 0.1) is 13.8 Å². The fraction of sp³-hybridized carbons (Fsp3) is 0.647. The number of piperidine rings is 1. The Labute approximate surface area is 151 Å². The number of rotatable bonds is 2.